The van der Waals surface area contributed by atoms with Crippen LogP contribution in [0.15, 0.2) is 76.6 Å². The van der Waals surface area contributed by atoms with Gasteiger partial charge in [0.1, 0.15) is 11.6 Å². The van der Waals surface area contributed by atoms with Gasteiger partial charge in [0.15, 0.2) is 0 Å². The SMILES string of the molecule is O=C(NCc1cncc(-c2ccc(C(F)(F)F)cn2)c1)[C@@H]1CCCN1S(=O)(=O)c1cc2ccccc2o1. The smallest absolute Gasteiger partial charge is 0.417 e. The van der Waals surface area contributed by atoms with Gasteiger partial charge in [-0.2, -0.15) is 17.5 Å². The van der Waals surface area contributed by atoms with Gasteiger partial charge in [0.2, 0.25) is 11.0 Å². The van der Waals surface area contributed by atoms with E-state index in [0.717, 1.165) is 16.6 Å². The van der Waals surface area contributed by atoms with Crippen LogP contribution in [0.4, 0.5) is 13.2 Å². The van der Waals surface area contributed by atoms with Crippen molar-refractivity contribution < 1.29 is 30.8 Å². The Hall–Kier alpha value is -3.77. The highest BCUT2D eigenvalue weighted by molar-refractivity contribution is 7.89. The number of carbonyl (C=O) groups is 1. The standard InChI is InChI=1S/C25H21F3N4O4S/c26-25(27,28)19-7-8-20(30-15-19)18-10-16(12-29-14-18)13-31-24(33)21-5-3-9-32(21)37(34,35)23-11-17-4-1-2-6-22(17)36-23/h1-2,4,6-8,10-12,14-15,21H,3,5,9,13H2,(H,31,33)/t21-/m0/s1. The minimum Gasteiger partial charge on any atom is -0.443 e. The number of sulfonamides is 1. The lowest BCUT2D eigenvalue weighted by molar-refractivity contribution is -0.137. The maximum absolute atomic E-state index is 13.2. The van der Waals surface area contributed by atoms with Crippen LogP contribution in [-0.4, -0.2) is 41.2 Å². The molecule has 3 aromatic heterocycles. The van der Waals surface area contributed by atoms with Crippen molar-refractivity contribution in [2.45, 2.75) is 36.7 Å². The molecule has 37 heavy (non-hydrogen) atoms. The zero-order chi connectivity index (χ0) is 26.2. The normalized spacial score (nSPS) is 16.8. The summed E-state index contributed by atoms with van der Waals surface area (Å²) in [6.45, 7) is 0.240. The number of furan rings is 1. The summed E-state index contributed by atoms with van der Waals surface area (Å²) in [5, 5.41) is 3.18. The Morgan fingerprint density at radius 1 is 1.11 bits per heavy atom. The average molecular weight is 531 g/mol. The first-order valence-electron chi connectivity index (χ1n) is 11.4. The highest BCUT2D eigenvalue weighted by atomic mass is 32.2. The number of hydrogen-bond donors (Lipinski definition) is 1. The van der Waals surface area contributed by atoms with Crippen LogP contribution in [0.25, 0.3) is 22.2 Å². The van der Waals surface area contributed by atoms with Crippen molar-refractivity contribution in [3.63, 3.8) is 0 Å². The minimum atomic E-state index is -4.48. The van der Waals surface area contributed by atoms with Gasteiger partial charge in [-0.3, -0.25) is 14.8 Å². The molecule has 1 aliphatic rings. The van der Waals surface area contributed by atoms with Crippen LogP contribution in [-0.2, 0) is 27.5 Å². The molecule has 8 nitrogen and oxygen atoms in total. The van der Waals surface area contributed by atoms with E-state index in [4.69, 9.17) is 4.42 Å². The van der Waals surface area contributed by atoms with Gasteiger partial charge >= 0.3 is 6.18 Å². The van der Waals surface area contributed by atoms with Crippen molar-refractivity contribution in [2.75, 3.05) is 6.54 Å². The Morgan fingerprint density at radius 2 is 1.92 bits per heavy atom. The van der Waals surface area contributed by atoms with Crippen molar-refractivity contribution >= 4 is 26.9 Å². The van der Waals surface area contributed by atoms with Gasteiger partial charge in [-0.1, -0.05) is 18.2 Å². The van der Waals surface area contributed by atoms with Crippen LogP contribution in [0.3, 0.4) is 0 Å². The van der Waals surface area contributed by atoms with Crippen molar-refractivity contribution in [2.24, 2.45) is 0 Å². The lowest BCUT2D eigenvalue weighted by atomic mass is 10.1. The fraction of sp³-hybridized carbons (Fsp3) is 0.240. The number of fused-ring (bicyclic) bond motifs is 1. The van der Waals surface area contributed by atoms with Crippen LogP contribution in [0.1, 0.15) is 24.0 Å². The Labute approximate surface area is 210 Å². The van der Waals surface area contributed by atoms with Crippen molar-refractivity contribution in [1.29, 1.82) is 0 Å². The van der Waals surface area contributed by atoms with E-state index in [1.165, 1.54) is 24.5 Å². The topological polar surface area (TPSA) is 105 Å². The molecule has 1 saturated heterocycles. The molecule has 0 spiro atoms. The van der Waals surface area contributed by atoms with E-state index in [1.807, 2.05) is 0 Å². The molecule has 0 bridgehead atoms. The van der Waals surface area contributed by atoms with Gasteiger partial charge in [-0.15, -0.1) is 0 Å². The summed E-state index contributed by atoms with van der Waals surface area (Å²) in [7, 11) is -4.03. The predicted molar refractivity (Wildman–Crippen MR) is 127 cm³/mol. The Balaban J connectivity index is 1.28. The number of amides is 1. The van der Waals surface area contributed by atoms with Gasteiger partial charge in [0.05, 0.1) is 11.3 Å². The molecule has 4 heterocycles. The number of rotatable bonds is 6. The average Bonchev–Trinajstić information content (AvgIpc) is 3.55. The van der Waals surface area contributed by atoms with Crippen LogP contribution in [0, 0.1) is 0 Å². The van der Waals surface area contributed by atoms with Crippen LogP contribution < -0.4 is 5.32 Å². The molecule has 1 amide bonds. The summed E-state index contributed by atoms with van der Waals surface area (Å²) in [4.78, 5) is 20.9. The first-order valence-corrected chi connectivity index (χ1v) is 12.8. The van der Waals surface area contributed by atoms with Crippen molar-refractivity contribution in [3.05, 3.63) is 78.2 Å². The number of para-hydroxylation sites is 1. The molecule has 1 N–H and O–H groups in total. The number of nitrogens with zero attached hydrogens (tertiary/aromatic N) is 3. The predicted octanol–water partition coefficient (Wildman–Crippen LogP) is 4.38. The third-order valence-electron chi connectivity index (χ3n) is 6.12. The zero-order valence-corrected chi connectivity index (χ0v) is 20.1. The second-order valence-corrected chi connectivity index (χ2v) is 10.4. The molecule has 12 heteroatoms. The summed E-state index contributed by atoms with van der Waals surface area (Å²) >= 11 is 0. The lowest BCUT2D eigenvalue weighted by Crippen LogP contribution is -2.45. The minimum absolute atomic E-state index is 0.0509. The number of aromatic nitrogens is 2. The maximum atomic E-state index is 13.2. The molecular weight excluding hydrogens is 509 g/mol. The number of nitrogens with one attached hydrogen (secondary N) is 1. The highest BCUT2D eigenvalue weighted by Crippen LogP contribution is 2.31. The van der Waals surface area contributed by atoms with Crippen molar-refractivity contribution in [3.8, 4) is 11.3 Å². The number of carbonyl (C=O) groups excluding carboxylic acids is 1. The van der Waals surface area contributed by atoms with E-state index in [-0.39, 0.29) is 18.2 Å². The lowest BCUT2D eigenvalue weighted by Gasteiger charge is -2.22. The summed E-state index contributed by atoms with van der Waals surface area (Å²) in [6.07, 6.45) is 0.112. The van der Waals surface area contributed by atoms with E-state index < -0.39 is 33.7 Å². The number of alkyl halides is 3. The molecule has 0 saturated carbocycles. The Kier molecular flexibility index (Phi) is 6.46. The van der Waals surface area contributed by atoms with Gasteiger partial charge < -0.3 is 9.73 Å². The van der Waals surface area contributed by atoms with Gasteiger partial charge in [-0.05, 0) is 42.7 Å². The molecule has 1 atom stereocenters. The molecule has 1 aliphatic heterocycles. The van der Waals surface area contributed by atoms with E-state index in [9.17, 15) is 26.4 Å². The summed E-state index contributed by atoms with van der Waals surface area (Å²) in [6, 6.07) is 11.3. The van der Waals surface area contributed by atoms with Gasteiger partial charge in [0, 0.05) is 48.7 Å². The largest absolute Gasteiger partial charge is 0.443 e. The number of pyridine rings is 2. The van der Waals surface area contributed by atoms with Gasteiger partial charge in [0.25, 0.3) is 10.0 Å². The van der Waals surface area contributed by atoms with E-state index >= 15 is 0 Å². The Bertz CT molecular complexity index is 1520. The molecule has 192 valence electrons. The molecule has 4 aromatic rings. The summed E-state index contributed by atoms with van der Waals surface area (Å²) in [5.41, 5.74) is 0.947. The summed E-state index contributed by atoms with van der Waals surface area (Å²) in [5.74, 6) is -0.463. The van der Waals surface area contributed by atoms with E-state index in [1.54, 1.807) is 30.3 Å². The van der Waals surface area contributed by atoms with Crippen LogP contribution >= 0.6 is 0 Å². The Morgan fingerprint density at radius 3 is 2.65 bits per heavy atom. The molecule has 1 aromatic carbocycles. The fourth-order valence-electron chi connectivity index (χ4n) is 4.25. The van der Waals surface area contributed by atoms with Crippen molar-refractivity contribution in [1.82, 2.24) is 19.6 Å². The summed E-state index contributed by atoms with van der Waals surface area (Å²) < 4.78 is 71.6. The monoisotopic (exact) mass is 530 g/mol. The molecule has 1 fully saturated rings. The second-order valence-electron chi connectivity index (χ2n) is 8.61. The van der Waals surface area contributed by atoms with E-state index in [0.29, 0.717) is 40.6 Å². The number of halogens is 3. The molecule has 5 rings (SSSR count). The molecule has 0 aliphatic carbocycles. The second kappa shape index (κ2) is 9.60. The molecule has 0 unspecified atom stereocenters. The third-order valence-corrected chi connectivity index (χ3v) is 7.88. The molecule has 0 radical (unpaired) electrons. The van der Waals surface area contributed by atoms with E-state index in [2.05, 4.69) is 15.3 Å². The highest BCUT2D eigenvalue weighted by Gasteiger charge is 2.41. The third kappa shape index (κ3) is 5.07. The van der Waals surface area contributed by atoms with Crippen LogP contribution in [0.2, 0.25) is 0 Å². The first-order chi connectivity index (χ1) is 17.6. The number of hydrogen-bond acceptors (Lipinski definition) is 6. The van der Waals surface area contributed by atoms with Crippen LogP contribution in [0.5, 0.6) is 0 Å². The maximum Gasteiger partial charge on any atom is 0.417 e. The zero-order valence-electron chi connectivity index (χ0n) is 19.3. The molecular formula is C25H21F3N4O4S. The number of benzene rings is 1. The fourth-order valence-corrected chi connectivity index (χ4v) is 5.86. The quantitative estimate of drug-likeness (QED) is 0.397. The van der Waals surface area contributed by atoms with Gasteiger partial charge in [-0.25, -0.2) is 8.42 Å². The first kappa shape index (κ1) is 24.9.